The number of halogens is 1. The lowest BCUT2D eigenvalue weighted by Gasteiger charge is -2.27. The number of hydrogen-bond donors (Lipinski definition) is 1. The van der Waals surface area contributed by atoms with Crippen molar-refractivity contribution >= 4 is 17.3 Å². The number of para-hydroxylation sites is 2. The molecule has 0 saturated heterocycles. The van der Waals surface area contributed by atoms with Crippen LogP contribution in [-0.4, -0.2) is 6.61 Å². The predicted octanol–water partition coefficient (Wildman–Crippen LogP) is 3.89. The van der Waals surface area contributed by atoms with E-state index < -0.39 is 0 Å². The number of hydrogen-bond acceptors (Lipinski definition) is 2. The topological polar surface area (TPSA) is 21.3 Å². The zero-order chi connectivity index (χ0) is 11.7. The number of fused-ring (bicyclic) bond motifs is 1. The van der Waals surface area contributed by atoms with Crippen molar-refractivity contribution in [3.8, 4) is 5.75 Å². The van der Waals surface area contributed by atoms with Crippen LogP contribution in [0, 0.1) is 0 Å². The molecule has 0 saturated carbocycles. The molecule has 1 unspecified atom stereocenters. The Balaban J connectivity index is 1.89. The Bertz CT molecular complexity index is 541. The highest BCUT2D eigenvalue weighted by molar-refractivity contribution is 6.30. The third-order valence-electron chi connectivity index (χ3n) is 2.87. The van der Waals surface area contributed by atoms with Gasteiger partial charge in [-0.25, -0.2) is 0 Å². The Morgan fingerprint density at radius 1 is 1.12 bits per heavy atom. The Hall–Kier alpha value is -1.67. The lowest BCUT2D eigenvalue weighted by atomic mass is 10.1. The Morgan fingerprint density at radius 2 is 2.00 bits per heavy atom. The van der Waals surface area contributed by atoms with Crippen LogP contribution >= 0.6 is 11.6 Å². The molecule has 0 radical (unpaired) electrons. The SMILES string of the molecule is Clc1cccc(C2COc3ccccc3N2)c1. The lowest BCUT2D eigenvalue weighted by molar-refractivity contribution is 0.286. The maximum atomic E-state index is 6.00. The van der Waals surface area contributed by atoms with E-state index in [4.69, 9.17) is 16.3 Å². The third-order valence-corrected chi connectivity index (χ3v) is 3.11. The molecule has 86 valence electrons. The largest absolute Gasteiger partial charge is 0.489 e. The average molecular weight is 246 g/mol. The molecule has 0 fully saturated rings. The first-order chi connectivity index (χ1) is 8.33. The molecule has 0 aromatic heterocycles. The molecular formula is C14H12ClNO. The van der Waals surface area contributed by atoms with Crippen molar-refractivity contribution in [2.75, 3.05) is 11.9 Å². The molecule has 2 aromatic carbocycles. The van der Waals surface area contributed by atoms with Gasteiger partial charge in [-0.05, 0) is 29.8 Å². The van der Waals surface area contributed by atoms with Gasteiger partial charge in [0.15, 0.2) is 0 Å². The fourth-order valence-electron chi connectivity index (χ4n) is 2.02. The first-order valence-electron chi connectivity index (χ1n) is 5.57. The number of benzene rings is 2. The minimum absolute atomic E-state index is 0.156. The number of rotatable bonds is 1. The standard InChI is InChI=1S/C14H12ClNO/c15-11-5-3-4-10(8-11)13-9-17-14-7-2-1-6-12(14)16-13/h1-8,13,16H,9H2. The van der Waals surface area contributed by atoms with Crippen LogP contribution in [0.25, 0.3) is 0 Å². The molecule has 1 aliphatic rings. The first-order valence-corrected chi connectivity index (χ1v) is 5.94. The smallest absolute Gasteiger partial charge is 0.142 e. The molecule has 2 nitrogen and oxygen atoms in total. The number of ether oxygens (including phenoxy) is 1. The van der Waals surface area contributed by atoms with Gasteiger partial charge in [0.25, 0.3) is 0 Å². The van der Waals surface area contributed by atoms with E-state index in [0.717, 1.165) is 22.0 Å². The third kappa shape index (κ3) is 2.08. The van der Waals surface area contributed by atoms with Crippen molar-refractivity contribution in [2.24, 2.45) is 0 Å². The van der Waals surface area contributed by atoms with E-state index in [0.29, 0.717) is 6.61 Å². The molecule has 1 aliphatic heterocycles. The van der Waals surface area contributed by atoms with Gasteiger partial charge in [0.2, 0.25) is 0 Å². The molecule has 0 bridgehead atoms. The maximum Gasteiger partial charge on any atom is 0.142 e. The molecular weight excluding hydrogens is 234 g/mol. The Kier molecular flexibility index (Phi) is 2.65. The van der Waals surface area contributed by atoms with Gasteiger partial charge in [-0.1, -0.05) is 35.9 Å². The summed E-state index contributed by atoms with van der Waals surface area (Å²) < 4.78 is 5.72. The van der Waals surface area contributed by atoms with E-state index in [-0.39, 0.29) is 6.04 Å². The second-order valence-corrected chi connectivity index (χ2v) is 4.50. The van der Waals surface area contributed by atoms with Gasteiger partial charge in [0.1, 0.15) is 12.4 Å². The average Bonchev–Trinajstić information content (AvgIpc) is 2.38. The molecule has 1 heterocycles. The Morgan fingerprint density at radius 3 is 2.88 bits per heavy atom. The van der Waals surface area contributed by atoms with Crippen LogP contribution in [0.2, 0.25) is 5.02 Å². The molecule has 1 N–H and O–H groups in total. The summed E-state index contributed by atoms with van der Waals surface area (Å²) in [7, 11) is 0. The maximum absolute atomic E-state index is 6.00. The zero-order valence-corrected chi connectivity index (χ0v) is 9.95. The van der Waals surface area contributed by atoms with Gasteiger partial charge in [-0.3, -0.25) is 0 Å². The second-order valence-electron chi connectivity index (χ2n) is 4.06. The van der Waals surface area contributed by atoms with Gasteiger partial charge < -0.3 is 10.1 Å². The normalized spacial score (nSPS) is 17.8. The summed E-state index contributed by atoms with van der Waals surface area (Å²) in [5.41, 5.74) is 2.18. The summed E-state index contributed by atoms with van der Waals surface area (Å²) in [5, 5.41) is 4.21. The molecule has 0 aliphatic carbocycles. The van der Waals surface area contributed by atoms with Crippen LogP contribution in [0.5, 0.6) is 5.75 Å². The molecule has 1 atom stereocenters. The zero-order valence-electron chi connectivity index (χ0n) is 9.19. The molecule has 3 rings (SSSR count). The minimum Gasteiger partial charge on any atom is -0.489 e. The lowest BCUT2D eigenvalue weighted by Crippen LogP contribution is -2.23. The van der Waals surface area contributed by atoms with Crippen LogP contribution in [-0.2, 0) is 0 Å². The van der Waals surface area contributed by atoms with Crippen molar-refractivity contribution in [1.82, 2.24) is 0 Å². The summed E-state index contributed by atoms with van der Waals surface area (Å²) >= 11 is 6.00. The van der Waals surface area contributed by atoms with E-state index in [1.807, 2.05) is 42.5 Å². The predicted molar refractivity (Wildman–Crippen MR) is 69.8 cm³/mol. The van der Waals surface area contributed by atoms with E-state index in [1.165, 1.54) is 0 Å². The van der Waals surface area contributed by atoms with E-state index in [1.54, 1.807) is 0 Å². The van der Waals surface area contributed by atoms with Crippen LogP contribution < -0.4 is 10.1 Å². The second kappa shape index (κ2) is 4.30. The van der Waals surface area contributed by atoms with Crippen molar-refractivity contribution in [2.45, 2.75) is 6.04 Å². The summed E-state index contributed by atoms with van der Waals surface area (Å²) in [5.74, 6) is 0.908. The monoisotopic (exact) mass is 245 g/mol. The summed E-state index contributed by atoms with van der Waals surface area (Å²) in [4.78, 5) is 0. The molecule has 2 aromatic rings. The molecule has 0 spiro atoms. The van der Waals surface area contributed by atoms with E-state index in [2.05, 4.69) is 11.4 Å². The molecule has 0 amide bonds. The summed E-state index contributed by atoms with van der Waals surface area (Å²) in [6, 6.07) is 16.0. The highest BCUT2D eigenvalue weighted by atomic mass is 35.5. The van der Waals surface area contributed by atoms with E-state index >= 15 is 0 Å². The highest BCUT2D eigenvalue weighted by Crippen LogP contribution is 2.33. The number of nitrogens with one attached hydrogen (secondary N) is 1. The van der Waals surface area contributed by atoms with Gasteiger partial charge in [0.05, 0.1) is 11.7 Å². The van der Waals surface area contributed by atoms with Crippen molar-refractivity contribution in [3.05, 3.63) is 59.1 Å². The molecule has 3 heteroatoms. The van der Waals surface area contributed by atoms with Gasteiger partial charge >= 0.3 is 0 Å². The van der Waals surface area contributed by atoms with Crippen molar-refractivity contribution in [3.63, 3.8) is 0 Å². The fraction of sp³-hybridized carbons (Fsp3) is 0.143. The van der Waals surface area contributed by atoms with Crippen LogP contribution in [0.1, 0.15) is 11.6 Å². The van der Waals surface area contributed by atoms with Gasteiger partial charge in [-0.15, -0.1) is 0 Å². The van der Waals surface area contributed by atoms with Crippen molar-refractivity contribution < 1.29 is 4.74 Å². The summed E-state index contributed by atoms with van der Waals surface area (Å²) in [6.07, 6.45) is 0. The summed E-state index contributed by atoms with van der Waals surface area (Å²) in [6.45, 7) is 0.622. The first kappa shape index (κ1) is 10.5. The van der Waals surface area contributed by atoms with Crippen LogP contribution in [0.4, 0.5) is 5.69 Å². The Labute approximate surface area is 105 Å². The molecule has 17 heavy (non-hydrogen) atoms. The number of anilines is 1. The van der Waals surface area contributed by atoms with Gasteiger partial charge in [0, 0.05) is 5.02 Å². The highest BCUT2D eigenvalue weighted by Gasteiger charge is 2.19. The fourth-order valence-corrected chi connectivity index (χ4v) is 2.22. The van der Waals surface area contributed by atoms with Gasteiger partial charge in [-0.2, -0.15) is 0 Å². The van der Waals surface area contributed by atoms with Crippen molar-refractivity contribution in [1.29, 1.82) is 0 Å². The van der Waals surface area contributed by atoms with Crippen LogP contribution in [0.15, 0.2) is 48.5 Å². The quantitative estimate of drug-likeness (QED) is 0.823. The van der Waals surface area contributed by atoms with Crippen LogP contribution in [0.3, 0.4) is 0 Å². The van der Waals surface area contributed by atoms with E-state index in [9.17, 15) is 0 Å². The minimum atomic E-state index is 0.156.